The maximum absolute atomic E-state index is 11.4. The first-order chi connectivity index (χ1) is 8.24. The van der Waals surface area contributed by atoms with Crippen LogP contribution < -0.4 is 0 Å². The molecule has 0 atom stereocenters. The molecule has 0 aliphatic carbocycles. The van der Waals surface area contributed by atoms with Crippen LogP contribution in [0.15, 0.2) is 48.5 Å². The van der Waals surface area contributed by atoms with Crippen molar-refractivity contribution >= 4 is 5.97 Å². The molecule has 2 heteroatoms. The van der Waals surface area contributed by atoms with Crippen LogP contribution in [0.3, 0.4) is 0 Å². The van der Waals surface area contributed by atoms with E-state index in [4.69, 9.17) is 0 Å². The molecule has 2 aromatic carbocycles. The maximum Gasteiger partial charge on any atom is 0.336 e. The monoisotopic (exact) mass is 226 g/mol. The fraction of sp³-hybridized carbons (Fsp3) is 0.133. The first-order valence-electron chi connectivity index (χ1n) is 5.64. The van der Waals surface area contributed by atoms with E-state index >= 15 is 0 Å². The van der Waals surface area contributed by atoms with Gasteiger partial charge in [0.2, 0.25) is 0 Å². The van der Waals surface area contributed by atoms with Crippen LogP contribution in [-0.2, 0) is 6.42 Å². The summed E-state index contributed by atoms with van der Waals surface area (Å²) in [4.78, 5) is 11.4. The number of hydrogen-bond donors (Lipinski definition) is 1. The van der Waals surface area contributed by atoms with E-state index in [0.29, 0.717) is 5.56 Å². The number of carbonyl (C=O) groups is 1. The molecule has 17 heavy (non-hydrogen) atoms. The van der Waals surface area contributed by atoms with E-state index in [-0.39, 0.29) is 0 Å². The van der Waals surface area contributed by atoms with Crippen molar-refractivity contribution in [2.75, 3.05) is 0 Å². The fourth-order valence-electron chi connectivity index (χ4n) is 2.01. The molecule has 2 aromatic rings. The smallest absolute Gasteiger partial charge is 0.336 e. The minimum absolute atomic E-state index is 0.418. The SMILES string of the molecule is CCc1cccc(-c2ccccc2)c1C(=O)O. The molecule has 2 rings (SSSR count). The molecular formula is C15H14O2. The second-order valence-corrected chi connectivity index (χ2v) is 3.86. The lowest BCUT2D eigenvalue weighted by Gasteiger charge is -2.10. The van der Waals surface area contributed by atoms with Crippen molar-refractivity contribution in [3.05, 3.63) is 59.7 Å². The van der Waals surface area contributed by atoms with Crippen LogP contribution >= 0.6 is 0 Å². The number of rotatable bonds is 3. The van der Waals surface area contributed by atoms with Gasteiger partial charge in [0.05, 0.1) is 5.56 Å². The molecule has 0 radical (unpaired) electrons. The summed E-state index contributed by atoms with van der Waals surface area (Å²) in [6.07, 6.45) is 0.725. The zero-order chi connectivity index (χ0) is 12.3. The van der Waals surface area contributed by atoms with E-state index in [9.17, 15) is 9.90 Å². The van der Waals surface area contributed by atoms with E-state index < -0.39 is 5.97 Å². The zero-order valence-corrected chi connectivity index (χ0v) is 9.68. The van der Waals surface area contributed by atoms with Crippen molar-refractivity contribution in [2.24, 2.45) is 0 Å². The second kappa shape index (κ2) is 4.83. The number of benzene rings is 2. The molecular weight excluding hydrogens is 212 g/mol. The summed E-state index contributed by atoms with van der Waals surface area (Å²) in [5.41, 5.74) is 3.03. The average Bonchev–Trinajstić information content (AvgIpc) is 2.38. The van der Waals surface area contributed by atoms with Crippen molar-refractivity contribution in [3.63, 3.8) is 0 Å². The molecule has 86 valence electrons. The van der Waals surface area contributed by atoms with Crippen LogP contribution in [0.1, 0.15) is 22.8 Å². The summed E-state index contributed by atoms with van der Waals surface area (Å²) in [7, 11) is 0. The van der Waals surface area contributed by atoms with Gasteiger partial charge in [0, 0.05) is 0 Å². The van der Waals surface area contributed by atoms with Crippen molar-refractivity contribution in [3.8, 4) is 11.1 Å². The summed E-state index contributed by atoms with van der Waals surface area (Å²) >= 11 is 0. The van der Waals surface area contributed by atoms with Gasteiger partial charge in [-0.2, -0.15) is 0 Å². The average molecular weight is 226 g/mol. The number of carboxylic acids is 1. The van der Waals surface area contributed by atoms with Gasteiger partial charge in [-0.3, -0.25) is 0 Å². The van der Waals surface area contributed by atoms with Gasteiger partial charge in [-0.1, -0.05) is 55.5 Å². The van der Waals surface area contributed by atoms with Crippen LogP contribution in [0.5, 0.6) is 0 Å². The van der Waals surface area contributed by atoms with Gasteiger partial charge in [0.25, 0.3) is 0 Å². The Morgan fingerprint density at radius 3 is 2.35 bits per heavy atom. The Morgan fingerprint density at radius 1 is 1.06 bits per heavy atom. The molecule has 0 spiro atoms. The number of hydrogen-bond acceptors (Lipinski definition) is 1. The number of aromatic carboxylic acids is 1. The number of carboxylic acid groups (broad SMARTS) is 1. The van der Waals surface area contributed by atoms with Crippen molar-refractivity contribution in [1.29, 1.82) is 0 Å². The minimum Gasteiger partial charge on any atom is -0.478 e. The summed E-state index contributed by atoms with van der Waals surface area (Å²) in [5, 5.41) is 9.34. The quantitative estimate of drug-likeness (QED) is 0.868. The van der Waals surface area contributed by atoms with E-state index in [2.05, 4.69) is 0 Å². The molecule has 0 aromatic heterocycles. The summed E-state index contributed by atoms with van der Waals surface area (Å²) in [6, 6.07) is 15.3. The molecule has 1 N–H and O–H groups in total. The van der Waals surface area contributed by atoms with Gasteiger partial charge in [0.15, 0.2) is 0 Å². The van der Waals surface area contributed by atoms with Gasteiger partial charge in [-0.05, 0) is 23.1 Å². The van der Waals surface area contributed by atoms with E-state index in [0.717, 1.165) is 23.1 Å². The Kier molecular flexibility index (Phi) is 3.24. The predicted molar refractivity (Wildman–Crippen MR) is 68.2 cm³/mol. The second-order valence-electron chi connectivity index (χ2n) is 3.86. The Labute approximate surface area is 101 Å². The van der Waals surface area contributed by atoms with Crippen molar-refractivity contribution in [2.45, 2.75) is 13.3 Å². The summed E-state index contributed by atoms with van der Waals surface area (Å²) in [5.74, 6) is -0.860. The molecule has 0 aliphatic rings. The molecule has 0 saturated carbocycles. The Bertz CT molecular complexity index is 530. The third kappa shape index (κ3) is 2.21. The Hall–Kier alpha value is -2.09. The van der Waals surface area contributed by atoms with Crippen molar-refractivity contribution < 1.29 is 9.90 Å². The maximum atomic E-state index is 11.4. The highest BCUT2D eigenvalue weighted by atomic mass is 16.4. The van der Waals surface area contributed by atoms with Crippen molar-refractivity contribution in [1.82, 2.24) is 0 Å². The van der Waals surface area contributed by atoms with Gasteiger partial charge in [-0.25, -0.2) is 4.79 Å². The van der Waals surface area contributed by atoms with Gasteiger partial charge in [-0.15, -0.1) is 0 Å². The number of aryl methyl sites for hydroxylation is 1. The van der Waals surface area contributed by atoms with E-state index in [1.165, 1.54) is 0 Å². The van der Waals surface area contributed by atoms with Crippen LogP contribution in [0.4, 0.5) is 0 Å². The Morgan fingerprint density at radius 2 is 1.76 bits per heavy atom. The minimum atomic E-state index is -0.860. The van der Waals surface area contributed by atoms with E-state index in [1.807, 2.05) is 55.5 Å². The molecule has 2 nitrogen and oxygen atoms in total. The highest BCUT2D eigenvalue weighted by Gasteiger charge is 2.14. The lowest BCUT2D eigenvalue weighted by atomic mass is 9.94. The third-order valence-electron chi connectivity index (χ3n) is 2.83. The predicted octanol–water partition coefficient (Wildman–Crippen LogP) is 3.61. The lowest BCUT2D eigenvalue weighted by Crippen LogP contribution is -2.04. The molecule has 0 heterocycles. The topological polar surface area (TPSA) is 37.3 Å². The summed E-state index contributed by atoms with van der Waals surface area (Å²) in [6.45, 7) is 1.97. The largest absolute Gasteiger partial charge is 0.478 e. The third-order valence-corrected chi connectivity index (χ3v) is 2.83. The Balaban J connectivity index is 2.66. The summed E-state index contributed by atoms with van der Waals surface area (Å²) < 4.78 is 0. The van der Waals surface area contributed by atoms with Crippen LogP contribution in [0, 0.1) is 0 Å². The first-order valence-corrected chi connectivity index (χ1v) is 5.64. The van der Waals surface area contributed by atoms with Crippen LogP contribution in [-0.4, -0.2) is 11.1 Å². The molecule has 0 saturated heterocycles. The van der Waals surface area contributed by atoms with E-state index in [1.54, 1.807) is 0 Å². The molecule has 0 unspecified atom stereocenters. The van der Waals surface area contributed by atoms with Crippen LogP contribution in [0.2, 0.25) is 0 Å². The van der Waals surface area contributed by atoms with Gasteiger partial charge in [0.1, 0.15) is 0 Å². The molecule has 0 fully saturated rings. The lowest BCUT2D eigenvalue weighted by molar-refractivity contribution is 0.0696. The standard InChI is InChI=1S/C15H14O2/c1-2-11-9-6-10-13(14(11)15(16)17)12-7-4-3-5-8-12/h3-10H,2H2,1H3,(H,16,17). The highest BCUT2D eigenvalue weighted by Crippen LogP contribution is 2.26. The van der Waals surface area contributed by atoms with Gasteiger partial charge >= 0.3 is 5.97 Å². The first kappa shape index (κ1) is 11.4. The highest BCUT2D eigenvalue weighted by molar-refractivity contribution is 5.97. The fourth-order valence-corrected chi connectivity index (χ4v) is 2.01. The normalized spacial score (nSPS) is 10.2. The molecule has 0 aliphatic heterocycles. The zero-order valence-electron chi connectivity index (χ0n) is 9.68. The van der Waals surface area contributed by atoms with Gasteiger partial charge < -0.3 is 5.11 Å². The molecule has 0 bridgehead atoms. The molecule has 0 amide bonds. The van der Waals surface area contributed by atoms with Crippen LogP contribution in [0.25, 0.3) is 11.1 Å².